The SMILES string of the molecule is CCOC(=O)c1ccc(N=C2CCCCC2=C(N)C(=O)c2c(Cl)cccc2C(F)(F)F)nc1. The van der Waals surface area contributed by atoms with Gasteiger partial charge in [0.25, 0.3) is 0 Å². The fourth-order valence-corrected chi connectivity index (χ4v) is 3.75. The molecule has 1 aliphatic rings. The van der Waals surface area contributed by atoms with E-state index in [1.165, 1.54) is 24.4 Å². The van der Waals surface area contributed by atoms with Crippen LogP contribution < -0.4 is 5.73 Å². The molecular weight excluding hydrogens is 459 g/mol. The van der Waals surface area contributed by atoms with Gasteiger partial charge in [0.15, 0.2) is 5.82 Å². The van der Waals surface area contributed by atoms with Gasteiger partial charge in [-0.25, -0.2) is 14.8 Å². The van der Waals surface area contributed by atoms with Crippen LogP contribution in [0, 0.1) is 0 Å². The molecule has 1 fully saturated rings. The Kier molecular flexibility index (Phi) is 7.53. The summed E-state index contributed by atoms with van der Waals surface area (Å²) in [5.41, 5.74) is 5.03. The van der Waals surface area contributed by atoms with Crippen molar-refractivity contribution < 1.29 is 27.5 Å². The molecule has 2 N–H and O–H groups in total. The van der Waals surface area contributed by atoms with Gasteiger partial charge >= 0.3 is 12.1 Å². The number of nitrogens with two attached hydrogens (primary N) is 1. The smallest absolute Gasteiger partial charge is 0.417 e. The molecule has 0 aliphatic heterocycles. The van der Waals surface area contributed by atoms with Gasteiger partial charge in [0.05, 0.1) is 34.0 Å². The summed E-state index contributed by atoms with van der Waals surface area (Å²) in [7, 11) is 0. The molecule has 174 valence electrons. The van der Waals surface area contributed by atoms with Crippen molar-refractivity contribution in [2.45, 2.75) is 38.8 Å². The van der Waals surface area contributed by atoms with Crippen molar-refractivity contribution in [1.29, 1.82) is 0 Å². The number of esters is 1. The van der Waals surface area contributed by atoms with Gasteiger partial charge in [0.1, 0.15) is 0 Å². The number of ketones is 1. The average Bonchev–Trinajstić information content (AvgIpc) is 2.78. The number of alkyl halides is 3. The van der Waals surface area contributed by atoms with E-state index in [0.29, 0.717) is 30.5 Å². The number of nitrogens with zero attached hydrogens (tertiary/aromatic N) is 2. The molecule has 1 aromatic carbocycles. The first-order valence-corrected chi connectivity index (χ1v) is 10.6. The molecule has 1 saturated carbocycles. The molecule has 0 spiro atoms. The van der Waals surface area contributed by atoms with E-state index >= 15 is 0 Å². The summed E-state index contributed by atoms with van der Waals surface area (Å²) in [6.45, 7) is 1.92. The number of hydrogen-bond acceptors (Lipinski definition) is 6. The first kappa shape index (κ1) is 24.4. The molecule has 1 aromatic heterocycles. The summed E-state index contributed by atoms with van der Waals surface area (Å²) in [6.07, 6.45) is -1.13. The maximum absolute atomic E-state index is 13.5. The lowest BCUT2D eigenvalue weighted by Crippen LogP contribution is -2.24. The van der Waals surface area contributed by atoms with Crippen LogP contribution in [0.3, 0.4) is 0 Å². The summed E-state index contributed by atoms with van der Waals surface area (Å²) in [4.78, 5) is 33.4. The van der Waals surface area contributed by atoms with Gasteiger partial charge in [-0.1, -0.05) is 17.7 Å². The van der Waals surface area contributed by atoms with Crippen LogP contribution in [0.1, 0.15) is 58.9 Å². The minimum absolute atomic E-state index is 0.228. The normalized spacial score (nSPS) is 17.1. The molecule has 0 radical (unpaired) electrons. The van der Waals surface area contributed by atoms with Gasteiger partial charge in [-0.2, -0.15) is 13.2 Å². The van der Waals surface area contributed by atoms with Crippen molar-refractivity contribution in [2.24, 2.45) is 10.7 Å². The minimum Gasteiger partial charge on any atom is -0.462 e. The monoisotopic (exact) mass is 479 g/mol. The fraction of sp³-hybridized carbons (Fsp3) is 0.304. The number of halogens is 4. The number of ether oxygens (including phenoxy) is 1. The summed E-state index contributed by atoms with van der Waals surface area (Å²) in [5, 5.41) is -0.330. The Morgan fingerprint density at radius 2 is 1.91 bits per heavy atom. The lowest BCUT2D eigenvalue weighted by molar-refractivity contribution is -0.137. The number of benzene rings is 1. The van der Waals surface area contributed by atoms with E-state index in [-0.39, 0.29) is 28.7 Å². The standard InChI is InChI=1S/C23H21ClF3N3O3/c1-2-33-22(32)13-10-11-18(29-12-13)30-17-9-4-3-6-14(17)20(28)21(31)19-15(23(25,26)27)7-5-8-16(19)24/h5,7-8,10-12H,2-4,6,9,28H2,1H3. The third-order valence-corrected chi connectivity index (χ3v) is 5.38. The molecule has 0 amide bonds. The third kappa shape index (κ3) is 5.60. The molecular formula is C23H21ClF3N3O3. The lowest BCUT2D eigenvalue weighted by atomic mass is 9.88. The number of aliphatic imine (C=N–C) groups is 1. The van der Waals surface area contributed by atoms with Crippen molar-refractivity contribution in [1.82, 2.24) is 4.98 Å². The zero-order valence-electron chi connectivity index (χ0n) is 17.7. The highest BCUT2D eigenvalue weighted by Gasteiger charge is 2.37. The number of aromatic nitrogens is 1. The molecule has 6 nitrogen and oxygen atoms in total. The lowest BCUT2D eigenvalue weighted by Gasteiger charge is -2.20. The Hall–Kier alpha value is -3.20. The first-order valence-electron chi connectivity index (χ1n) is 10.2. The highest BCUT2D eigenvalue weighted by atomic mass is 35.5. The molecule has 0 unspecified atom stereocenters. The van der Waals surface area contributed by atoms with E-state index in [1.54, 1.807) is 6.92 Å². The molecule has 0 atom stereocenters. The van der Waals surface area contributed by atoms with Gasteiger partial charge in [-0.3, -0.25) is 4.79 Å². The molecule has 2 aromatic rings. The Bertz CT molecular complexity index is 1130. The van der Waals surface area contributed by atoms with Crippen LogP contribution in [-0.4, -0.2) is 29.1 Å². The van der Waals surface area contributed by atoms with Gasteiger partial charge in [0, 0.05) is 17.5 Å². The van der Waals surface area contributed by atoms with E-state index in [0.717, 1.165) is 18.6 Å². The number of rotatable bonds is 5. The van der Waals surface area contributed by atoms with E-state index in [4.69, 9.17) is 22.1 Å². The van der Waals surface area contributed by atoms with Crippen molar-refractivity contribution in [3.63, 3.8) is 0 Å². The topological polar surface area (TPSA) is 94.6 Å². The Morgan fingerprint density at radius 3 is 2.55 bits per heavy atom. The molecule has 10 heteroatoms. The number of carbonyl (C=O) groups is 2. The second-order valence-electron chi connectivity index (χ2n) is 7.27. The predicted octanol–water partition coefficient (Wildman–Crippen LogP) is 5.67. The van der Waals surface area contributed by atoms with Crippen LogP contribution in [0.4, 0.5) is 19.0 Å². The van der Waals surface area contributed by atoms with Crippen molar-refractivity contribution in [2.75, 3.05) is 6.61 Å². The van der Waals surface area contributed by atoms with E-state index in [2.05, 4.69) is 9.98 Å². The third-order valence-electron chi connectivity index (χ3n) is 5.06. The average molecular weight is 480 g/mol. The zero-order valence-corrected chi connectivity index (χ0v) is 18.5. The number of allylic oxidation sites excluding steroid dienone is 2. The van der Waals surface area contributed by atoms with Gasteiger partial charge in [0.2, 0.25) is 5.78 Å². The van der Waals surface area contributed by atoms with Crippen molar-refractivity contribution >= 4 is 34.9 Å². The highest BCUT2D eigenvalue weighted by Crippen LogP contribution is 2.36. The van der Waals surface area contributed by atoms with Crippen LogP contribution >= 0.6 is 11.6 Å². The van der Waals surface area contributed by atoms with Crippen LogP contribution in [0.5, 0.6) is 0 Å². The second-order valence-corrected chi connectivity index (χ2v) is 7.68. The van der Waals surface area contributed by atoms with Gasteiger partial charge in [-0.15, -0.1) is 0 Å². The highest BCUT2D eigenvalue weighted by molar-refractivity contribution is 6.35. The maximum Gasteiger partial charge on any atom is 0.417 e. The molecule has 33 heavy (non-hydrogen) atoms. The number of carbonyl (C=O) groups excluding carboxylic acids is 2. The Balaban J connectivity index is 1.99. The minimum atomic E-state index is -4.77. The van der Waals surface area contributed by atoms with E-state index < -0.39 is 29.1 Å². The number of pyridine rings is 1. The van der Waals surface area contributed by atoms with Crippen LogP contribution in [0.25, 0.3) is 0 Å². The quantitative estimate of drug-likeness (QED) is 0.338. The molecule has 3 rings (SSSR count). The van der Waals surface area contributed by atoms with Crippen molar-refractivity contribution in [3.8, 4) is 0 Å². The summed E-state index contributed by atoms with van der Waals surface area (Å²) >= 11 is 5.97. The summed E-state index contributed by atoms with van der Waals surface area (Å²) in [6, 6.07) is 6.16. The number of Topliss-reactive ketones (excluding diaryl/α,β-unsaturated/α-hetero) is 1. The molecule has 1 aliphatic carbocycles. The maximum atomic E-state index is 13.5. The Labute approximate surface area is 193 Å². The molecule has 1 heterocycles. The molecule has 0 saturated heterocycles. The fourth-order valence-electron chi connectivity index (χ4n) is 3.49. The second kappa shape index (κ2) is 10.2. The first-order chi connectivity index (χ1) is 15.6. The van der Waals surface area contributed by atoms with Gasteiger partial charge in [-0.05, 0) is 56.9 Å². The molecule has 0 bridgehead atoms. The van der Waals surface area contributed by atoms with Gasteiger partial charge < -0.3 is 10.5 Å². The van der Waals surface area contributed by atoms with Crippen LogP contribution in [0.15, 0.2) is 52.8 Å². The zero-order chi connectivity index (χ0) is 24.2. The van der Waals surface area contributed by atoms with E-state index in [9.17, 15) is 22.8 Å². The van der Waals surface area contributed by atoms with Crippen LogP contribution in [0.2, 0.25) is 5.02 Å². The largest absolute Gasteiger partial charge is 0.462 e. The summed E-state index contributed by atoms with van der Waals surface area (Å²) < 4.78 is 45.3. The van der Waals surface area contributed by atoms with E-state index in [1.807, 2.05) is 0 Å². The van der Waals surface area contributed by atoms with Crippen LogP contribution in [-0.2, 0) is 10.9 Å². The summed E-state index contributed by atoms with van der Waals surface area (Å²) in [5.74, 6) is -1.24. The van der Waals surface area contributed by atoms with Crippen molar-refractivity contribution in [3.05, 3.63) is 69.5 Å². The predicted molar refractivity (Wildman–Crippen MR) is 118 cm³/mol. The number of hydrogen-bond donors (Lipinski definition) is 1. The Morgan fingerprint density at radius 1 is 1.18 bits per heavy atom.